The van der Waals surface area contributed by atoms with Crippen molar-refractivity contribution in [2.75, 3.05) is 0 Å². The van der Waals surface area contributed by atoms with E-state index in [0.717, 1.165) is 25.3 Å². The third-order valence-electron chi connectivity index (χ3n) is 4.29. The molecular formula is C15H21FN2O2S. The summed E-state index contributed by atoms with van der Waals surface area (Å²) in [4.78, 5) is 0.0540. The fourth-order valence-corrected chi connectivity index (χ4v) is 4.04. The molecule has 2 saturated carbocycles. The summed E-state index contributed by atoms with van der Waals surface area (Å²) in [6, 6.07) is 4.39. The summed E-state index contributed by atoms with van der Waals surface area (Å²) in [5.74, 6) is -0.527. The van der Waals surface area contributed by atoms with Gasteiger partial charge < -0.3 is 5.32 Å². The molecule has 116 valence electrons. The SMILES string of the molecule is CC1(C)CC1NS(=O)(=O)c1cc(F)ccc1CNC1CC1. The molecule has 0 spiro atoms. The fourth-order valence-electron chi connectivity index (χ4n) is 2.39. The molecule has 0 aromatic heterocycles. The van der Waals surface area contributed by atoms with Crippen LogP contribution >= 0.6 is 0 Å². The number of hydrogen-bond donors (Lipinski definition) is 2. The zero-order valence-electron chi connectivity index (χ0n) is 12.3. The molecule has 4 nitrogen and oxygen atoms in total. The maximum atomic E-state index is 13.5. The van der Waals surface area contributed by atoms with Crippen molar-refractivity contribution in [2.24, 2.45) is 5.41 Å². The van der Waals surface area contributed by atoms with Crippen LogP contribution in [0.4, 0.5) is 4.39 Å². The third-order valence-corrected chi connectivity index (χ3v) is 5.84. The summed E-state index contributed by atoms with van der Waals surface area (Å²) in [6.45, 7) is 4.48. The minimum Gasteiger partial charge on any atom is -0.310 e. The van der Waals surface area contributed by atoms with E-state index < -0.39 is 15.8 Å². The van der Waals surface area contributed by atoms with Gasteiger partial charge in [0.05, 0.1) is 4.90 Å². The lowest BCUT2D eigenvalue weighted by Crippen LogP contribution is -2.30. The summed E-state index contributed by atoms with van der Waals surface area (Å²) >= 11 is 0. The van der Waals surface area contributed by atoms with Gasteiger partial charge in [-0.2, -0.15) is 0 Å². The zero-order valence-corrected chi connectivity index (χ0v) is 13.1. The smallest absolute Gasteiger partial charge is 0.241 e. The van der Waals surface area contributed by atoms with Crippen molar-refractivity contribution >= 4 is 10.0 Å². The Morgan fingerprint density at radius 2 is 2.00 bits per heavy atom. The van der Waals surface area contributed by atoms with Gasteiger partial charge in [0.1, 0.15) is 5.82 Å². The molecule has 0 saturated heterocycles. The summed E-state index contributed by atoms with van der Waals surface area (Å²) < 4.78 is 41.2. The highest BCUT2D eigenvalue weighted by Gasteiger charge is 2.48. The number of sulfonamides is 1. The Morgan fingerprint density at radius 1 is 1.33 bits per heavy atom. The minimum absolute atomic E-state index is 0.00712. The van der Waals surface area contributed by atoms with Crippen LogP contribution in [0.25, 0.3) is 0 Å². The lowest BCUT2D eigenvalue weighted by molar-refractivity contribution is 0.550. The standard InChI is InChI=1S/C15H21FN2O2S/c1-15(2)8-14(15)18-21(19,20)13-7-11(16)4-3-10(13)9-17-12-5-6-12/h3-4,7,12,14,17-18H,5-6,8-9H2,1-2H3. The normalized spacial score (nSPS) is 24.0. The van der Waals surface area contributed by atoms with E-state index >= 15 is 0 Å². The molecule has 3 rings (SSSR count). The molecule has 0 heterocycles. The minimum atomic E-state index is -3.68. The molecule has 0 aliphatic heterocycles. The Labute approximate surface area is 125 Å². The first-order chi connectivity index (χ1) is 9.78. The number of nitrogens with one attached hydrogen (secondary N) is 2. The van der Waals surface area contributed by atoms with Crippen LogP contribution in [-0.2, 0) is 16.6 Å². The van der Waals surface area contributed by atoms with Crippen LogP contribution in [0.5, 0.6) is 0 Å². The first-order valence-electron chi connectivity index (χ1n) is 7.32. The molecule has 2 aliphatic carbocycles. The van der Waals surface area contributed by atoms with E-state index in [9.17, 15) is 12.8 Å². The molecular weight excluding hydrogens is 291 g/mol. The first kappa shape index (κ1) is 14.9. The maximum Gasteiger partial charge on any atom is 0.241 e. The molecule has 6 heteroatoms. The molecule has 1 aromatic carbocycles. The largest absolute Gasteiger partial charge is 0.310 e. The average Bonchev–Trinajstić information content (AvgIpc) is 3.28. The highest BCUT2D eigenvalue weighted by atomic mass is 32.2. The highest BCUT2D eigenvalue weighted by molar-refractivity contribution is 7.89. The number of halogens is 1. The van der Waals surface area contributed by atoms with Crippen LogP contribution < -0.4 is 10.0 Å². The number of rotatable bonds is 6. The van der Waals surface area contributed by atoms with Crippen molar-refractivity contribution in [3.63, 3.8) is 0 Å². The highest BCUT2D eigenvalue weighted by Crippen LogP contribution is 2.45. The van der Waals surface area contributed by atoms with E-state index in [1.54, 1.807) is 6.07 Å². The van der Waals surface area contributed by atoms with Crippen LogP contribution in [0, 0.1) is 11.2 Å². The van der Waals surface area contributed by atoms with Crippen LogP contribution in [0.2, 0.25) is 0 Å². The van der Waals surface area contributed by atoms with Crippen molar-refractivity contribution in [1.29, 1.82) is 0 Å². The Balaban J connectivity index is 1.82. The van der Waals surface area contributed by atoms with Gasteiger partial charge in [-0.1, -0.05) is 19.9 Å². The lowest BCUT2D eigenvalue weighted by atomic mass is 10.2. The Hall–Kier alpha value is -0.980. The second kappa shape index (κ2) is 5.04. The van der Waals surface area contributed by atoms with E-state index in [2.05, 4.69) is 10.0 Å². The van der Waals surface area contributed by atoms with Gasteiger partial charge >= 0.3 is 0 Å². The maximum absolute atomic E-state index is 13.5. The van der Waals surface area contributed by atoms with Gasteiger partial charge in [0, 0.05) is 18.6 Å². The summed E-state index contributed by atoms with van der Waals surface area (Å²) in [7, 11) is -3.68. The zero-order chi connectivity index (χ0) is 15.3. The Bertz CT molecular complexity index is 654. The van der Waals surface area contributed by atoms with Crippen LogP contribution in [0.1, 0.15) is 38.7 Å². The van der Waals surface area contributed by atoms with E-state index in [0.29, 0.717) is 18.2 Å². The summed E-state index contributed by atoms with van der Waals surface area (Å²) in [5.41, 5.74) is 0.613. The van der Waals surface area contributed by atoms with Gasteiger partial charge in [-0.15, -0.1) is 0 Å². The Morgan fingerprint density at radius 3 is 2.57 bits per heavy atom. The van der Waals surface area contributed by atoms with E-state index in [1.807, 2.05) is 13.8 Å². The van der Waals surface area contributed by atoms with Gasteiger partial charge in [-0.3, -0.25) is 0 Å². The molecule has 2 aliphatic rings. The molecule has 1 unspecified atom stereocenters. The van der Waals surface area contributed by atoms with Crippen molar-refractivity contribution in [2.45, 2.75) is 56.6 Å². The second-order valence-corrected chi connectivity index (χ2v) is 8.46. The van der Waals surface area contributed by atoms with Gasteiger partial charge in [0.2, 0.25) is 10.0 Å². The van der Waals surface area contributed by atoms with Crippen LogP contribution in [0.3, 0.4) is 0 Å². The topological polar surface area (TPSA) is 58.2 Å². The monoisotopic (exact) mass is 312 g/mol. The molecule has 1 aromatic rings. The van der Waals surface area contributed by atoms with Crippen molar-refractivity contribution in [1.82, 2.24) is 10.0 Å². The molecule has 21 heavy (non-hydrogen) atoms. The van der Waals surface area contributed by atoms with Crippen molar-refractivity contribution in [3.05, 3.63) is 29.6 Å². The van der Waals surface area contributed by atoms with Gasteiger partial charge in [0.15, 0.2) is 0 Å². The molecule has 0 radical (unpaired) electrons. The summed E-state index contributed by atoms with van der Waals surface area (Å²) in [6.07, 6.45) is 3.06. The van der Waals surface area contributed by atoms with Crippen molar-refractivity contribution < 1.29 is 12.8 Å². The predicted molar refractivity (Wildman–Crippen MR) is 78.8 cm³/mol. The number of benzene rings is 1. The number of hydrogen-bond acceptors (Lipinski definition) is 3. The van der Waals surface area contributed by atoms with Gasteiger partial charge in [-0.25, -0.2) is 17.5 Å². The van der Waals surface area contributed by atoms with E-state index in [4.69, 9.17) is 0 Å². The van der Waals surface area contributed by atoms with Gasteiger partial charge in [-0.05, 0) is 42.4 Å². The van der Waals surface area contributed by atoms with Crippen LogP contribution in [-0.4, -0.2) is 20.5 Å². The van der Waals surface area contributed by atoms with E-state index in [1.165, 1.54) is 6.07 Å². The van der Waals surface area contributed by atoms with E-state index in [-0.39, 0.29) is 16.4 Å². The third kappa shape index (κ3) is 3.44. The lowest BCUT2D eigenvalue weighted by Gasteiger charge is -2.13. The molecule has 0 bridgehead atoms. The average molecular weight is 312 g/mol. The molecule has 1 atom stereocenters. The molecule has 0 amide bonds. The van der Waals surface area contributed by atoms with Gasteiger partial charge in [0.25, 0.3) is 0 Å². The molecule has 2 fully saturated rings. The fraction of sp³-hybridized carbons (Fsp3) is 0.600. The van der Waals surface area contributed by atoms with Crippen molar-refractivity contribution in [3.8, 4) is 0 Å². The summed E-state index contributed by atoms with van der Waals surface area (Å²) in [5, 5.41) is 3.28. The quantitative estimate of drug-likeness (QED) is 0.846. The first-order valence-corrected chi connectivity index (χ1v) is 8.80. The predicted octanol–water partition coefficient (Wildman–Crippen LogP) is 2.15. The Kier molecular flexibility index (Phi) is 3.58. The second-order valence-electron chi connectivity index (χ2n) is 6.77. The molecule has 2 N–H and O–H groups in total. The van der Waals surface area contributed by atoms with Crippen LogP contribution in [0.15, 0.2) is 23.1 Å².